The minimum absolute atomic E-state index is 0.180. The zero-order valence-corrected chi connectivity index (χ0v) is 19.6. The van der Waals surface area contributed by atoms with Gasteiger partial charge in [-0.05, 0) is 61.3 Å². The number of rotatable bonds is 7. The molecule has 1 fully saturated rings. The molecule has 1 unspecified atom stereocenters. The van der Waals surface area contributed by atoms with E-state index in [1.54, 1.807) is 25.1 Å². The highest BCUT2D eigenvalue weighted by Gasteiger charge is 2.37. The van der Waals surface area contributed by atoms with Crippen LogP contribution in [0, 0.1) is 24.4 Å². The molecule has 1 aliphatic rings. The molecule has 4 rings (SSSR count). The molecule has 5 nitrogen and oxygen atoms in total. The Morgan fingerprint density at radius 1 is 1.03 bits per heavy atom. The van der Waals surface area contributed by atoms with E-state index in [4.69, 9.17) is 4.74 Å². The van der Waals surface area contributed by atoms with Gasteiger partial charge in [0.25, 0.3) is 10.0 Å². The molecule has 1 saturated heterocycles. The maximum absolute atomic E-state index is 14.5. The standard InChI is InChI=1S/C25H25F3N2O3S/c1-16-9-10-19(14-23(16)28)34(31,32)30(18-11-12-29-15-18)25-17(5-3-8-24(25)33-2)13-20-21(26)6-4-7-22(20)27/h3-10,14,18,29H,11-13,15H2,1-2H3. The number of hydrogen-bond acceptors (Lipinski definition) is 4. The molecule has 180 valence electrons. The van der Waals surface area contributed by atoms with Crippen LogP contribution in [0.25, 0.3) is 0 Å². The number of ether oxygens (including phenoxy) is 1. The van der Waals surface area contributed by atoms with Crippen LogP contribution in [0.15, 0.2) is 59.5 Å². The molecule has 0 radical (unpaired) electrons. The van der Waals surface area contributed by atoms with Crippen molar-refractivity contribution < 1.29 is 26.3 Å². The number of anilines is 1. The molecule has 3 aromatic carbocycles. The van der Waals surface area contributed by atoms with Gasteiger partial charge in [0.1, 0.15) is 23.2 Å². The Balaban J connectivity index is 1.92. The number of hydrogen-bond donors (Lipinski definition) is 1. The Morgan fingerprint density at radius 2 is 1.74 bits per heavy atom. The van der Waals surface area contributed by atoms with E-state index in [-0.39, 0.29) is 28.3 Å². The van der Waals surface area contributed by atoms with Crippen molar-refractivity contribution in [2.45, 2.75) is 30.7 Å². The van der Waals surface area contributed by atoms with Crippen molar-refractivity contribution in [2.24, 2.45) is 0 Å². The maximum atomic E-state index is 14.5. The van der Waals surface area contributed by atoms with Gasteiger partial charge in [0.15, 0.2) is 0 Å². The third-order valence-electron chi connectivity index (χ3n) is 6.02. The Morgan fingerprint density at radius 3 is 2.35 bits per heavy atom. The van der Waals surface area contributed by atoms with E-state index in [0.29, 0.717) is 30.6 Å². The summed E-state index contributed by atoms with van der Waals surface area (Å²) in [4.78, 5) is -0.212. The van der Waals surface area contributed by atoms with Crippen molar-refractivity contribution in [3.05, 3.63) is 88.7 Å². The fourth-order valence-electron chi connectivity index (χ4n) is 4.20. The number of methoxy groups -OCH3 is 1. The van der Waals surface area contributed by atoms with E-state index in [1.807, 2.05) is 0 Å². The summed E-state index contributed by atoms with van der Waals surface area (Å²) in [7, 11) is -2.86. The first-order valence-corrected chi connectivity index (χ1v) is 12.3. The average molecular weight is 491 g/mol. The zero-order chi connectivity index (χ0) is 24.5. The summed E-state index contributed by atoms with van der Waals surface area (Å²) < 4.78 is 77.9. The Hall–Kier alpha value is -3.04. The van der Waals surface area contributed by atoms with E-state index in [0.717, 1.165) is 18.2 Å². The first-order chi connectivity index (χ1) is 16.2. The Kier molecular flexibility index (Phi) is 6.86. The highest BCUT2D eigenvalue weighted by molar-refractivity contribution is 7.92. The van der Waals surface area contributed by atoms with Crippen LogP contribution in [0.4, 0.5) is 18.9 Å². The van der Waals surface area contributed by atoms with Gasteiger partial charge in [-0.2, -0.15) is 0 Å². The van der Waals surface area contributed by atoms with Gasteiger partial charge in [-0.15, -0.1) is 0 Å². The van der Waals surface area contributed by atoms with Crippen LogP contribution >= 0.6 is 0 Å². The van der Waals surface area contributed by atoms with Crippen molar-refractivity contribution in [1.29, 1.82) is 0 Å². The van der Waals surface area contributed by atoms with E-state index < -0.39 is 33.5 Å². The lowest BCUT2D eigenvalue weighted by Gasteiger charge is -2.33. The Bertz CT molecular complexity index is 1290. The van der Waals surface area contributed by atoms with Gasteiger partial charge in [-0.25, -0.2) is 21.6 Å². The number of sulfonamides is 1. The van der Waals surface area contributed by atoms with Crippen molar-refractivity contribution >= 4 is 15.7 Å². The molecular weight excluding hydrogens is 465 g/mol. The predicted octanol–water partition coefficient (Wildman–Crippen LogP) is 4.57. The van der Waals surface area contributed by atoms with Gasteiger partial charge in [0.05, 0.1) is 23.7 Å². The molecule has 1 atom stereocenters. The smallest absolute Gasteiger partial charge is 0.264 e. The molecule has 1 aliphatic heterocycles. The normalized spacial score (nSPS) is 16.0. The molecule has 0 aromatic heterocycles. The van der Waals surface area contributed by atoms with Gasteiger partial charge in [-0.1, -0.05) is 24.3 Å². The van der Waals surface area contributed by atoms with Crippen LogP contribution in [-0.2, 0) is 16.4 Å². The van der Waals surface area contributed by atoms with E-state index in [2.05, 4.69) is 5.32 Å². The van der Waals surface area contributed by atoms with Crippen LogP contribution in [0.2, 0.25) is 0 Å². The van der Waals surface area contributed by atoms with Gasteiger partial charge in [0.2, 0.25) is 0 Å². The van der Waals surface area contributed by atoms with Gasteiger partial charge in [-0.3, -0.25) is 4.31 Å². The third-order valence-corrected chi connectivity index (χ3v) is 7.87. The largest absolute Gasteiger partial charge is 0.495 e. The number of nitrogens with zero attached hydrogens (tertiary/aromatic N) is 1. The average Bonchev–Trinajstić information content (AvgIpc) is 3.33. The summed E-state index contributed by atoms with van der Waals surface area (Å²) in [6.07, 6.45) is 0.304. The lowest BCUT2D eigenvalue weighted by atomic mass is 10.0. The Labute approximate surface area is 197 Å². The zero-order valence-electron chi connectivity index (χ0n) is 18.8. The van der Waals surface area contributed by atoms with Crippen molar-refractivity contribution in [1.82, 2.24) is 5.32 Å². The molecular formula is C25H25F3N2O3S. The van der Waals surface area contributed by atoms with Gasteiger partial charge >= 0.3 is 0 Å². The molecule has 0 amide bonds. The molecule has 1 N–H and O–H groups in total. The van der Waals surface area contributed by atoms with E-state index in [1.165, 1.54) is 29.6 Å². The molecule has 0 saturated carbocycles. The predicted molar refractivity (Wildman–Crippen MR) is 124 cm³/mol. The summed E-state index contributed by atoms with van der Waals surface area (Å²) in [6.45, 7) is 2.50. The van der Waals surface area contributed by atoms with Crippen molar-refractivity contribution in [3.8, 4) is 5.75 Å². The minimum atomic E-state index is -4.26. The second-order valence-electron chi connectivity index (χ2n) is 8.20. The van der Waals surface area contributed by atoms with Crippen molar-refractivity contribution in [3.63, 3.8) is 0 Å². The SMILES string of the molecule is COc1cccc(Cc2c(F)cccc2F)c1N(C1CCNC1)S(=O)(=O)c1ccc(C)c(F)c1. The number of aryl methyl sites for hydroxylation is 1. The molecule has 0 spiro atoms. The number of nitrogens with one attached hydrogen (secondary N) is 1. The fraction of sp³-hybridized carbons (Fsp3) is 0.280. The molecule has 9 heteroatoms. The number of halogens is 3. The van der Waals surface area contributed by atoms with Gasteiger partial charge < -0.3 is 10.1 Å². The number of benzene rings is 3. The highest BCUT2D eigenvalue weighted by atomic mass is 32.2. The highest BCUT2D eigenvalue weighted by Crippen LogP contribution is 2.40. The number of para-hydroxylation sites is 1. The second-order valence-corrected chi connectivity index (χ2v) is 10.0. The fourth-order valence-corrected chi connectivity index (χ4v) is 5.94. The quantitative estimate of drug-likeness (QED) is 0.527. The molecule has 3 aromatic rings. The maximum Gasteiger partial charge on any atom is 0.264 e. The molecule has 34 heavy (non-hydrogen) atoms. The second kappa shape index (κ2) is 9.68. The summed E-state index contributed by atoms with van der Waals surface area (Å²) in [5, 5.41) is 3.15. The molecule has 0 bridgehead atoms. The molecule has 1 heterocycles. The van der Waals surface area contributed by atoms with Crippen LogP contribution in [0.1, 0.15) is 23.1 Å². The van der Waals surface area contributed by atoms with E-state index >= 15 is 0 Å². The van der Waals surface area contributed by atoms with E-state index in [9.17, 15) is 21.6 Å². The monoisotopic (exact) mass is 490 g/mol. The summed E-state index contributed by atoms with van der Waals surface area (Å²) in [5.41, 5.74) is 0.690. The third kappa shape index (κ3) is 4.50. The van der Waals surface area contributed by atoms with Crippen LogP contribution in [-0.4, -0.2) is 34.7 Å². The van der Waals surface area contributed by atoms with Crippen molar-refractivity contribution in [2.75, 3.05) is 24.5 Å². The first-order valence-electron chi connectivity index (χ1n) is 10.8. The first kappa shape index (κ1) is 24.1. The van der Waals surface area contributed by atoms with Crippen LogP contribution in [0.3, 0.4) is 0 Å². The lowest BCUT2D eigenvalue weighted by Crippen LogP contribution is -2.42. The molecule has 0 aliphatic carbocycles. The lowest BCUT2D eigenvalue weighted by molar-refractivity contribution is 0.414. The summed E-state index contributed by atoms with van der Waals surface area (Å²) in [5.74, 6) is -1.87. The van der Waals surface area contributed by atoms with Crippen LogP contribution < -0.4 is 14.4 Å². The minimum Gasteiger partial charge on any atom is -0.495 e. The van der Waals surface area contributed by atoms with Gasteiger partial charge in [0, 0.05) is 18.5 Å². The summed E-state index contributed by atoms with van der Waals surface area (Å²) >= 11 is 0. The summed E-state index contributed by atoms with van der Waals surface area (Å²) in [6, 6.07) is 11.7. The van der Waals surface area contributed by atoms with Crippen LogP contribution in [0.5, 0.6) is 5.75 Å². The topological polar surface area (TPSA) is 58.6 Å².